The molecule has 0 saturated carbocycles. The van der Waals surface area contributed by atoms with Crippen LogP contribution in [-0.2, 0) is 23.6 Å². The lowest BCUT2D eigenvalue weighted by atomic mass is 10.2. The monoisotopic (exact) mass is 775 g/mol. The molecule has 50 heavy (non-hydrogen) atoms. The molecule has 0 bridgehead atoms. The number of pyridine rings is 1. The second-order valence-electron chi connectivity index (χ2n) is 11.6. The number of fused-ring (bicyclic) bond motifs is 1. The molecule has 1 amide bonds. The average Bonchev–Trinajstić information content (AvgIpc) is 3.40. The number of sulfonamides is 1. The molecule has 5 aromatic rings. The van der Waals surface area contributed by atoms with Crippen LogP contribution in [0, 0.1) is 5.82 Å². The van der Waals surface area contributed by atoms with Gasteiger partial charge in [0.15, 0.2) is 6.61 Å². The van der Waals surface area contributed by atoms with Crippen LogP contribution in [-0.4, -0.2) is 72.6 Å². The lowest BCUT2D eigenvalue weighted by Crippen LogP contribution is -2.48. The Kier molecular flexibility index (Phi) is 10.0. The topological polar surface area (TPSA) is 106 Å². The molecule has 2 aromatic heterocycles. The molecule has 1 aliphatic rings. The molecule has 3 heterocycles. The van der Waals surface area contributed by atoms with Gasteiger partial charge in [0, 0.05) is 61.8 Å². The number of nitrogens with zero attached hydrogens (tertiary/aromatic N) is 4. The van der Waals surface area contributed by atoms with E-state index in [2.05, 4.69) is 30.5 Å². The van der Waals surface area contributed by atoms with Gasteiger partial charge in [-0.25, -0.2) is 17.8 Å². The van der Waals surface area contributed by atoms with Crippen molar-refractivity contribution in [2.75, 3.05) is 37.5 Å². The predicted molar refractivity (Wildman–Crippen MR) is 181 cm³/mol. The van der Waals surface area contributed by atoms with E-state index < -0.39 is 33.5 Å². The van der Waals surface area contributed by atoms with Crippen LogP contribution in [0.4, 0.5) is 23.2 Å². The second-order valence-corrected chi connectivity index (χ2v) is 14.2. The molecule has 1 fully saturated rings. The molecule has 1 saturated heterocycles. The summed E-state index contributed by atoms with van der Waals surface area (Å²) in [5, 5.41) is 0.836. The number of ether oxygens (including phenoxy) is 2. The maximum absolute atomic E-state index is 14.2. The summed E-state index contributed by atoms with van der Waals surface area (Å²) in [6, 6.07) is 20.2. The Balaban J connectivity index is 1.04. The zero-order valence-corrected chi connectivity index (χ0v) is 28.9. The normalized spacial score (nSPS) is 14.2. The number of hydrogen-bond donors (Lipinski definition) is 1. The number of benzene rings is 3. The summed E-state index contributed by atoms with van der Waals surface area (Å²) in [5.74, 6) is -0.217. The first-order chi connectivity index (χ1) is 23.7. The van der Waals surface area contributed by atoms with Crippen molar-refractivity contribution in [3.63, 3.8) is 0 Å². The van der Waals surface area contributed by atoms with Crippen LogP contribution in [0.25, 0.3) is 10.9 Å². The Morgan fingerprint density at radius 1 is 0.940 bits per heavy atom. The van der Waals surface area contributed by atoms with Crippen molar-refractivity contribution in [1.29, 1.82) is 0 Å². The van der Waals surface area contributed by atoms with E-state index in [1.807, 2.05) is 12.1 Å². The maximum atomic E-state index is 14.2. The van der Waals surface area contributed by atoms with E-state index in [1.165, 1.54) is 36.5 Å². The first-order valence-corrected chi connectivity index (χ1v) is 17.5. The second kappa shape index (κ2) is 14.3. The van der Waals surface area contributed by atoms with Crippen molar-refractivity contribution in [3.8, 4) is 17.4 Å². The van der Waals surface area contributed by atoms with Gasteiger partial charge in [-0.05, 0) is 60.2 Å². The quantitative estimate of drug-likeness (QED) is 0.153. The van der Waals surface area contributed by atoms with Crippen LogP contribution in [0.2, 0.25) is 0 Å². The van der Waals surface area contributed by atoms with Gasteiger partial charge in [-0.2, -0.15) is 13.2 Å². The summed E-state index contributed by atoms with van der Waals surface area (Å²) >= 11 is 3.10. The third kappa shape index (κ3) is 8.37. The lowest BCUT2D eigenvalue weighted by molar-refractivity contribution is -0.153. The standard InChI is InChI=1S/C34H30BrF4N5O5S/c1-42-29-18-27(49-32-11-6-25(19-40-32)41-50(46,47)31-10-5-24(35)17-28(31)36)9-4-23(29)16-30(42)33(45)44-14-12-43(13-15-44)20-22-2-7-26(8-3-22)48-21-34(37,38)39/h2-11,16-19,41H,12-15,20-21H2,1H3. The Labute approximate surface area is 293 Å². The molecular weight excluding hydrogens is 746 g/mol. The number of halogens is 5. The van der Waals surface area contributed by atoms with Crippen LogP contribution < -0.4 is 14.2 Å². The fraction of sp³-hybridized carbons (Fsp3) is 0.235. The van der Waals surface area contributed by atoms with E-state index in [0.29, 0.717) is 48.6 Å². The minimum Gasteiger partial charge on any atom is -0.484 e. The van der Waals surface area contributed by atoms with Gasteiger partial charge in [0.25, 0.3) is 15.9 Å². The van der Waals surface area contributed by atoms with Crippen LogP contribution in [0.1, 0.15) is 16.1 Å². The number of amides is 1. The van der Waals surface area contributed by atoms with E-state index in [1.54, 1.807) is 40.8 Å². The van der Waals surface area contributed by atoms with Crippen LogP contribution in [0.5, 0.6) is 17.4 Å². The van der Waals surface area contributed by atoms with Gasteiger partial charge >= 0.3 is 6.18 Å². The number of alkyl halides is 3. The van der Waals surface area contributed by atoms with Crippen molar-refractivity contribution in [2.45, 2.75) is 17.6 Å². The number of anilines is 1. The largest absolute Gasteiger partial charge is 0.484 e. The van der Waals surface area contributed by atoms with Gasteiger partial charge in [-0.1, -0.05) is 28.1 Å². The molecular formula is C34H30BrF4N5O5S. The third-order valence-corrected chi connectivity index (χ3v) is 9.93. The van der Waals surface area contributed by atoms with Crippen molar-refractivity contribution < 1.29 is 40.2 Å². The number of piperazine rings is 1. The van der Waals surface area contributed by atoms with E-state index in [4.69, 9.17) is 9.47 Å². The van der Waals surface area contributed by atoms with Gasteiger partial charge in [0.2, 0.25) is 5.88 Å². The van der Waals surface area contributed by atoms with Crippen molar-refractivity contribution >= 4 is 48.5 Å². The van der Waals surface area contributed by atoms with Gasteiger partial charge in [0.1, 0.15) is 27.9 Å². The summed E-state index contributed by atoms with van der Waals surface area (Å²) < 4.78 is 91.9. The molecule has 0 unspecified atom stereocenters. The Morgan fingerprint density at radius 3 is 2.32 bits per heavy atom. The van der Waals surface area contributed by atoms with Crippen LogP contribution in [0.3, 0.4) is 0 Å². The van der Waals surface area contributed by atoms with E-state index >= 15 is 0 Å². The highest BCUT2D eigenvalue weighted by Gasteiger charge is 2.29. The third-order valence-electron chi connectivity index (χ3n) is 8.02. The Bertz CT molecular complexity index is 2120. The number of hydrogen-bond acceptors (Lipinski definition) is 7. The molecule has 16 heteroatoms. The summed E-state index contributed by atoms with van der Waals surface area (Å²) in [7, 11) is -2.39. The van der Waals surface area contributed by atoms with Crippen molar-refractivity contribution in [1.82, 2.24) is 19.4 Å². The fourth-order valence-corrected chi connectivity index (χ4v) is 6.93. The zero-order chi connectivity index (χ0) is 35.6. The molecule has 0 atom stereocenters. The summed E-state index contributed by atoms with van der Waals surface area (Å²) in [6.07, 6.45) is -3.14. The lowest BCUT2D eigenvalue weighted by Gasteiger charge is -2.34. The molecule has 1 aliphatic heterocycles. The highest BCUT2D eigenvalue weighted by Crippen LogP contribution is 2.29. The Hall–Kier alpha value is -4.67. The highest BCUT2D eigenvalue weighted by molar-refractivity contribution is 9.10. The molecule has 6 rings (SSSR count). The SMILES string of the molecule is Cn1c(C(=O)N2CCN(Cc3ccc(OCC(F)(F)F)cc3)CC2)cc2ccc(Oc3ccc(NS(=O)(=O)c4ccc(Br)cc4F)cn3)cc21. The first kappa shape index (κ1) is 35.2. The fourth-order valence-electron chi connectivity index (χ4n) is 5.49. The molecule has 1 N–H and O–H groups in total. The maximum Gasteiger partial charge on any atom is 0.422 e. The van der Waals surface area contributed by atoms with Crippen molar-refractivity contribution in [2.24, 2.45) is 7.05 Å². The van der Waals surface area contributed by atoms with Gasteiger partial charge in [-0.15, -0.1) is 0 Å². The van der Waals surface area contributed by atoms with Gasteiger partial charge in [-0.3, -0.25) is 14.4 Å². The van der Waals surface area contributed by atoms with E-state index in [-0.39, 0.29) is 23.2 Å². The number of carbonyl (C=O) groups excluding carboxylic acids is 1. The van der Waals surface area contributed by atoms with Crippen LogP contribution >= 0.6 is 15.9 Å². The smallest absolute Gasteiger partial charge is 0.422 e. The van der Waals surface area contributed by atoms with E-state index in [9.17, 15) is 30.8 Å². The molecule has 10 nitrogen and oxygen atoms in total. The zero-order valence-electron chi connectivity index (χ0n) is 26.5. The molecule has 0 radical (unpaired) electrons. The molecule has 0 aliphatic carbocycles. The van der Waals surface area contributed by atoms with E-state index in [0.717, 1.165) is 28.6 Å². The number of nitrogens with one attached hydrogen (secondary N) is 1. The van der Waals surface area contributed by atoms with Crippen LogP contribution in [0.15, 0.2) is 94.4 Å². The average molecular weight is 777 g/mol. The first-order valence-electron chi connectivity index (χ1n) is 15.3. The number of rotatable bonds is 10. The minimum atomic E-state index is -4.39. The van der Waals surface area contributed by atoms with Gasteiger partial charge in [0.05, 0.1) is 17.4 Å². The molecule has 3 aromatic carbocycles. The Morgan fingerprint density at radius 2 is 1.66 bits per heavy atom. The highest BCUT2D eigenvalue weighted by atomic mass is 79.9. The molecule has 0 spiro atoms. The minimum absolute atomic E-state index is 0.111. The number of aromatic nitrogens is 2. The summed E-state index contributed by atoms with van der Waals surface area (Å²) in [6.45, 7) is 1.55. The summed E-state index contributed by atoms with van der Waals surface area (Å²) in [5.41, 5.74) is 2.32. The van der Waals surface area contributed by atoms with Gasteiger partial charge < -0.3 is 18.9 Å². The summed E-state index contributed by atoms with van der Waals surface area (Å²) in [4.78, 5) is 21.2. The number of carbonyl (C=O) groups is 1. The number of aryl methyl sites for hydroxylation is 1. The van der Waals surface area contributed by atoms with Crippen molar-refractivity contribution in [3.05, 3.63) is 107 Å². The molecule has 262 valence electrons. The predicted octanol–water partition coefficient (Wildman–Crippen LogP) is 6.97.